The Hall–Kier alpha value is -1.51. The van der Waals surface area contributed by atoms with Gasteiger partial charge in [0.05, 0.1) is 6.26 Å². The molecule has 2 saturated carbocycles. The van der Waals surface area contributed by atoms with Crippen molar-refractivity contribution < 1.29 is 13.9 Å². The Bertz CT molecular complexity index is 639. The summed E-state index contributed by atoms with van der Waals surface area (Å²) < 4.78 is 10.6. The van der Waals surface area contributed by atoms with Crippen molar-refractivity contribution in [2.24, 2.45) is 22.7 Å². The fourth-order valence-electron chi connectivity index (χ4n) is 5.58. The van der Waals surface area contributed by atoms with Gasteiger partial charge in [0.2, 0.25) is 0 Å². The normalized spacial score (nSPS) is 32.2. The van der Waals surface area contributed by atoms with E-state index in [0.29, 0.717) is 17.1 Å². The highest BCUT2D eigenvalue weighted by molar-refractivity contribution is 5.69. The third-order valence-corrected chi connectivity index (χ3v) is 6.70. The van der Waals surface area contributed by atoms with Crippen LogP contribution in [0.1, 0.15) is 65.4 Å². The summed E-state index contributed by atoms with van der Waals surface area (Å²) in [7, 11) is 0. The molecule has 0 bridgehead atoms. The molecule has 1 aromatic rings. The lowest BCUT2D eigenvalue weighted by Gasteiger charge is -2.58. The molecular formula is C21H30O3. The van der Waals surface area contributed by atoms with Crippen molar-refractivity contribution in [3.8, 4) is 5.75 Å². The highest BCUT2D eigenvalue weighted by atomic mass is 16.5. The predicted octanol–water partition coefficient (Wildman–Crippen LogP) is 5.55. The lowest BCUT2D eigenvalue weighted by Crippen LogP contribution is -2.50. The quantitative estimate of drug-likeness (QED) is 0.539. The van der Waals surface area contributed by atoms with Crippen LogP contribution in [0.5, 0.6) is 5.75 Å². The molecule has 0 unspecified atom stereocenters. The van der Waals surface area contributed by atoms with Crippen molar-refractivity contribution in [3.63, 3.8) is 0 Å². The van der Waals surface area contributed by atoms with Gasteiger partial charge in [-0.05, 0) is 54.8 Å². The highest BCUT2D eigenvalue weighted by Gasteiger charge is 2.52. The van der Waals surface area contributed by atoms with Crippen LogP contribution in [0.3, 0.4) is 0 Å². The predicted molar refractivity (Wildman–Crippen MR) is 94.8 cm³/mol. The van der Waals surface area contributed by atoms with Gasteiger partial charge in [-0.3, -0.25) is 4.79 Å². The molecule has 2 aliphatic rings. The molecular weight excluding hydrogens is 300 g/mol. The van der Waals surface area contributed by atoms with Gasteiger partial charge in [-0.25, -0.2) is 0 Å². The average molecular weight is 330 g/mol. The van der Waals surface area contributed by atoms with Gasteiger partial charge in [0.15, 0.2) is 5.75 Å². The molecule has 0 saturated heterocycles. The Labute approximate surface area is 145 Å². The molecule has 3 heteroatoms. The number of ether oxygens (including phenoxy) is 1. The Morgan fingerprint density at radius 3 is 2.79 bits per heavy atom. The molecule has 0 amide bonds. The van der Waals surface area contributed by atoms with E-state index in [2.05, 4.69) is 27.4 Å². The van der Waals surface area contributed by atoms with Crippen LogP contribution in [0.15, 0.2) is 29.1 Å². The van der Waals surface area contributed by atoms with Gasteiger partial charge in [0.25, 0.3) is 0 Å². The second-order valence-electron chi connectivity index (χ2n) is 8.71. The van der Waals surface area contributed by atoms with Gasteiger partial charge in [-0.1, -0.05) is 39.3 Å². The number of fused-ring (bicyclic) bond motifs is 1. The summed E-state index contributed by atoms with van der Waals surface area (Å²) in [5.74, 6) is 1.40. The van der Waals surface area contributed by atoms with Gasteiger partial charge in [-0.2, -0.15) is 0 Å². The van der Waals surface area contributed by atoms with Gasteiger partial charge >= 0.3 is 5.97 Å². The van der Waals surface area contributed by atoms with Gasteiger partial charge in [-0.15, -0.1) is 0 Å². The van der Waals surface area contributed by atoms with E-state index in [-0.39, 0.29) is 11.4 Å². The molecule has 0 spiro atoms. The summed E-state index contributed by atoms with van der Waals surface area (Å²) >= 11 is 0. The zero-order chi connectivity index (χ0) is 17.5. The first-order valence-corrected chi connectivity index (χ1v) is 9.15. The summed E-state index contributed by atoms with van der Waals surface area (Å²) in [6.07, 6.45) is 10.3. The molecule has 3 nitrogen and oxygen atoms in total. The third kappa shape index (κ3) is 2.94. The Kier molecular flexibility index (Phi) is 4.39. The van der Waals surface area contributed by atoms with E-state index in [1.54, 1.807) is 6.26 Å². The fraction of sp³-hybridized carbons (Fsp3) is 0.667. The van der Waals surface area contributed by atoms with Crippen LogP contribution in [0.25, 0.3) is 0 Å². The van der Waals surface area contributed by atoms with Crippen molar-refractivity contribution in [2.75, 3.05) is 0 Å². The van der Waals surface area contributed by atoms with Crippen molar-refractivity contribution in [1.29, 1.82) is 0 Å². The van der Waals surface area contributed by atoms with Gasteiger partial charge in [0, 0.05) is 12.5 Å². The number of hydrogen-bond acceptors (Lipinski definition) is 3. The zero-order valence-corrected chi connectivity index (χ0v) is 15.5. The van der Waals surface area contributed by atoms with E-state index in [0.717, 1.165) is 24.3 Å². The Balaban J connectivity index is 1.89. The number of furan rings is 1. The first-order valence-electron chi connectivity index (χ1n) is 9.15. The number of carbonyl (C=O) groups excluding carboxylic acids is 1. The van der Waals surface area contributed by atoms with Crippen LogP contribution in [0.4, 0.5) is 0 Å². The molecule has 0 aromatic carbocycles. The molecule has 1 heterocycles. The second-order valence-corrected chi connectivity index (χ2v) is 8.71. The van der Waals surface area contributed by atoms with E-state index in [9.17, 15) is 4.79 Å². The number of hydrogen-bond donors (Lipinski definition) is 0. The summed E-state index contributed by atoms with van der Waals surface area (Å²) in [5, 5.41) is 0. The summed E-state index contributed by atoms with van der Waals surface area (Å²) in [6.45, 7) is 13.2. The molecule has 132 valence electrons. The number of allylic oxidation sites excluding steroid dienone is 1. The highest BCUT2D eigenvalue weighted by Crippen LogP contribution is 2.61. The molecule has 3 atom stereocenters. The number of rotatable bonds is 3. The van der Waals surface area contributed by atoms with Crippen LogP contribution in [0.2, 0.25) is 0 Å². The van der Waals surface area contributed by atoms with E-state index in [1.807, 2.05) is 0 Å². The minimum absolute atomic E-state index is 0.266. The lowest BCUT2D eigenvalue weighted by atomic mass is 9.47. The minimum atomic E-state index is -0.303. The molecule has 24 heavy (non-hydrogen) atoms. The molecule has 0 N–H and O–H groups in total. The Morgan fingerprint density at radius 1 is 1.33 bits per heavy atom. The summed E-state index contributed by atoms with van der Waals surface area (Å²) in [6, 6.07) is 0. The van der Waals surface area contributed by atoms with E-state index < -0.39 is 0 Å². The maximum absolute atomic E-state index is 11.3. The Morgan fingerprint density at radius 2 is 2.08 bits per heavy atom. The van der Waals surface area contributed by atoms with Crippen molar-refractivity contribution in [3.05, 3.63) is 30.2 Å². The summed E-state index contributed by atoms with van der Waals surface area (Å²) in [4.78, 5) is 11.3. The standard InChI is InChI=1S/C21H30O3/c1-14-7-8-19-20(3,4)9-6-10-21(19,5)17(14)11-16-12-23-13-18(16)24-15(2)22/h12-13,17,19H,1,6-11H2,2-5H3/t17-,19-,21-/m0/s1. The molecule has 0 radical (unpaired) electrons. The van der Waals surface area contributed by atoms with Gasteiger partial charge < -0.3 is 9.15 Å². The van der Waals surface area contributed by atoms with Crippen LogP contribution in [-0.2, 0) is 11.2 Å². The van der Waals surface area contributed by atoms with Crippen molar-refractivity contribution >= 4 is 5.97 Å². The first kappa shape index (κ1) is 17.3. The average Bonchev–Trinajstić information content (AvgIpc) is 2.88. The maximum atomic E-state index is 11.3. The molecule has 3 rings (SSSR count). The fourth-order valence-corrected chi connectivity index (χ4v) is 5.58. The van der Waals surface area contributed by atoms with E-state index in [1.165, 1.54) is 44.4 Å². The van der Waals surface area contributed by atoms with Crippen LogP contribution in [-0.4, -0.2) is 5.97 Å². The minimum Gasteiger partial charge on any atom is -0.468 e. The SMILES string of the molecule is C=C1CC[C@H]2C(C)(C)CCC[C@@]2(C)[C@H]1Cc1cocc1OC(C)=O. The summed E-state index contributed by atoms with van der Waals surface area (Å²) in [5.41, 5.74) is 2.99. The molecule has 2 aliphatic carbocycles. The largest absolute Gasteiger partial charge is 0.468 e. The zero-order valence-electron chi connectivity index (χ0n) is 15.5. The van der Waals surface area contributed by atoms with Crippen LogP contribution < -0.4 is 4.74 Å². The van der Waals surface area contributed by atoms with Crippen molar-refractivity contribution in [1.82, 2.24) is 0 Å². The molecule has 1 aromatic heterocycles. The topological polar surface area (TPSA) is 39.4 Å². The second kappa shape index (κ2) is 6.09. The van der Waals surface area contributed by atoms with Gasteiger partial charge in [0.1, 0.15) is 6.26 Å². The molecule has 2 fully saturated rings. The monoisotopic (exact) mass is 330 g/mol. The van der Waals surface area contributed by atoms with E-state index in [4.69, 9.17) is 9.15 Å². The van der Waals surface area contributed by atoms with Crippen LogP contribution >= 0.6 is 0 Å². The smallest absolute Gasteiger partial charge is 0.308 e. The number of esters is 1. The molecule has 0 aliphatic heterocycles. The van der Waals surface area contributed by atoms with Crippen molar-refractivity contribution in [2.45, 2.75) is 66.2 Å². The number of carbonyl (C=O) groups is 1. The van der Waals surface area contributed by atoms with Crippen LogP contribution in [0, 0.1) is 22.7 Å². The first-order chi connectivity index (χ1) is 11.2. The third-order valence-electron chi connectivity index (χ3n) is 6.70. The van der Waals surface area contributed by atoms with E-state index >= 15 is 0 Å². The maximum Gasteiger partial charge on any atom is 0.308 e. The lowest BCUT2D eigenvalue weighted by molar-refractivity contribution is -0.131.